The minimum Gasteiger partial charge on any atom is -0.318 e. The van der Waals surface area contributed by atoms with Gasteiger partial charge in [-0.2, -0.15) is 10.3 Å². The largest absolute Gasteiger partial charge is 0.344 e. The van der Waals surface area contributed by atoms with Crippen molar-refractivity contribution in [2.24, 2.45) is 0 Å². The number of hydrogen-bond donors (Lipinski definition) is 2. The van der Waals surface area contributed by atoms with Crippen molar-refractivity contribution < 1.29 is 14.4 Å². The molecule has 2 fully saturated rings. The van der Waals surface area contributed by atoms with Crippen molar-refractivity contribution in [1.82, 2.24) is 25.6 Å². The maximum atomic E-state index is 13.2. The molecule has 0 aliphatic carbocycles. The van der Waals surface area contributed by atoms with Gasteiger partial charge in [0.1, 0.15) is 5.54 Å². The molecule has 2 aromatic carbocycles. The van der Waals surface area contributed by atoms with Crippen LogP contribution in [0.4, 0.5) is 4.79 Å². The van der Waals surface area contributed by atoms with E-state index in [9.17, 15) is 14.4 Å². The Morgan fingerprint density at radius 2 is 1.71 bits per heavy atom. The molecule has 35 heavy (non-hydrogen) atoms. The van der Waals surface area contributed by atoms with Crippen LogP contribution in [0.3, 0.4) is 0 Å². The van der Waals surface area contributed by atoms with Crippen LogP contribution >= 0.6 is 0 Å². The van der Waals surface area contributed by atoms with Gasteiger partial charge in [-0.25, -0.2) is 4.79 Å². The number of benzene rings is 2. The molecule has 2 aromatic rings. The third kappa shape index (κ3) is 5.34. The number of amides is 4. The highest BCUT2D eigenvalue weighted by molar-refractivity contribution is 6.08. The SMILES string of the molecule is CC[C@]1(c2ccccc2)NC(=O)N(NC(=O)CN2CCCN(Cc3ccc(C#N)cc3)CC2)C1=O. The van der Waals surface area contributed by atoms with E-state index in [0.29, 0.717) is 24.1 Å². The summed E-state index contributed by atoms with van der Waals surface area (Å²) in [6, 6.07) is 18.2. The molecular weight excluding hydrogens is 444 g/mol. The number of hydrazine groups is 1. The molecule has 4 rings (SSSR count). The number of carbonyl (C=O) groups is 3. The number of urea groups is 1. The number of nitriles is 1. The summed E-state index contributed by atoms with van der Waals surface area (Å²) in [6.07, 6.45) is 1.27. The Morgan fingerprint density at radius 1 is 1.03 bits per heavy atom. The summed E-state index contributed by atoms with van der Waals surface area (Å²) in [4.78, 5) is 42.9. The van der Waals surface area contributed by atoms with Crippen molar-refractivity contribution in [2.75, 3.05) is 32.7 Å². The van der Waals surface area contributed by atoms with Crippen LogP contribution in [0.2, 0.25) is 0 Å². The van der Waals surface area contributed by atoms with Crippen LogP contribution in [0.15, 0.2) is 54.6 Å². The Bertz CT molecular complexity index is 1110. The predicted molar refractivity (Wildman–Crippen MR) is 129 cm³/mol. The number of hydrogen-bond acceptors (Lipinski definition) is 6. The lowest BCUT2D eigenvalue weighted by Gasteiger charge is -2.26. The molecule has 9 heteroatoms. The molecule has 2 aliphatic heterocycles. The monoisotopic (exact) mass is 474 g/mol. The van der Waals surface area contributed by atoms with Gasteiger partial charge < -0.3 is 5.32 Å². The van der Waals surface area contributed by atoms with Crippen LogP contribution in [-0.2, 0) is 21.7 Å². The lowest BCUT2D eigenvalue weighted by molar-refractivity contribution is -0.139. The topological polar surface area (TPSA) is 109 Å². The van der Waals surface area contributed by atoms with E-state index < -0.39 is 23.4 Å². The summed E-state index contributed by atoms with van der Waals surface area (Å²) in [5.74, 6) is -0.872. The molecule has 4 amide bonds. The van der Waals surface area contributed by atoms with Gasteiger partial charge in [0, 0.05) is 19.6 Å². The van der Waals surface area contributed by atoms with Crippen LogP contribution in [0.5, 0.6) is 0 Å². The second-order valence-corrected chi connectivity index (χ2v) is 8.95. The first-order valence-corrected chi connectivity index (χ1v) is 11.9. The summed E-state index contributed by atoms with van der Waals surface area (Å²) in [6.45, 7) is 5.87. The van der Waals surface area contributed by atoms with Crippen LogP contribution in [0.1, 0.15) is 36.5 Å². The first-order chi connectivity index (χ1) is 16.9. The number of nitrogens with one attached hydrogen (secondary N) is 2. The van der Waals surface area contributed by atoms with E-state index in [1.807, 2.05) is 54.3 Å². The van der Waals surface area contributed by atoms with Crippen LogP contribution in [-0.4, -0.2) is 65.4 Å². The molecular formula is C26H30N6O3. The molecule has 9 nitrogen and oxygen atoms in total. The molecule has 0 bridgehead atoms. The first kappa shape index (κ1) is 24.4. The van der Waals surface area contributed by atoms with Crippen molar-refractivity contribution in [1.29, 1.82) is 5.26 Å². The Kier molecular flexibility index (Phi) is 7.44. The van der Waals surface area contributed by atoms with Gasteiger partial charge in [0.2, 0.25) is 0 Å². The van der Waals surface area contributed by atoms with Crippen molar-refractivity contribution >= 4 is 17.8 Å². The zero-order chi connectivity index (χ0) is 24.8. The van der Waals surface area contributed by atoms with Gasteiger partial charge in [-0.1, -0.05) is 49.4 Å². The Balaban J connectivity index is 1.31. The highest BCUT2D eigenvalue weighted by Gasteiger charge is 2.52. The second-order valence-electron chi connectivity index (χ2n) is 8.95. The van der Waals surface area contributed by atoms with Crippen LogP contribution < -0.4 is 10.7 Å². The number of rotatable bonds is 7. The molecule has 0 spiro atoms. The van der Waals surface area contributed by atoms with Gasteiger partial charge in [0.25, 0.3) is 11.8 Å². The third-order valence-corrected chi connectivity index (χ3v) is 6.66. The lowest BCUT2D eigenvalue weighted by atomic mass is 9.87. The number of imide groups is 1. The van der Waals surface area contributed by atoms with E-state index in [1.165, 1.54) is 0 Å². The predicted octanol–water partition coefficient (Wildman–Crippen LogP) is 1.95. The number of nitrogens with zero attached hydrogens (tertiary/aromatic N) is 4. The minimum absolute atomic E-state index is 0.103. The highest BCUT2D eigenvalue weighted by atomic mass is 16.2. The summed E-state index contributed by atoms with van der Waals surface area (Å²) in [5.41, 5.74) is 3.82. The quantitative estimate of drug-likeness (QED) is 0.594. The summed E-state index contributed by atoms with van der Waals surface area (Å²) < 4.78 is 0. The normalized spacial score (nSPS) is 21.3. The lowest BCUT2D eigenvalue weighted by Crippen LogP contribution is -2.51. The molecule has 182 valence electrons. The average Bonchev–Trinajstić information content (AvgIpc) is 3.00. The smallest absolute Gasteiger partial charge is 0.318 e. The molecule has 2 heterocycles. The van der Waals surface area contributed by atoms with Crippen molar-refractivity contribution in [2.45, 2.75) is 31.8 Å². The Morgan fingerprint density at radius 3 is 2.40 bits per heavy atom. The standard InChI is InChI=1S/C26H30N6O3/c1-2-26(22-7-4-3-5-8-22)24(34)32(25(35)28-26)29-23(33)19-31-14-6-13-30(15-16-31)18-21-11-9-20(17-27)10-12-21/h3-5,7-12H,2,6,13-16,18-19H2,1H3,(H,28,35)(H,29,33)/t26-/m1/s1. The molecule has 2 aliphatic rings. The maximum absolute atomic E-state index is 13.2. The molecule has 0 radical (unpaired) electrons. The van der Waals surface area contributed by atoms with Crippen molar-refractivity contribution in [3.05, 3.63) is 71.3 Å². The molecule has 1 atom stereocenters. The Labute approximate surface area is 205 Å². The fourth-order valence-electron chi connectivity index (χ4n) is 4.69. The maximum Gasteiger partial charge on any atom is 0.344 e. The molecule has 0 unspecified atom stereocenters. The van der Waals surface area contributed by atoms with Gasteiger partial charge in [-0.3, -0.25) is 24.8 Å². The second kappa shape index (κ2) is 10.7. The van der Waals surface area contributed by atoms with E-state index in [4.69, 9.17) is 5.26 Å². The summed E-state index contributed by atoms with van der Waals surface area (Å²) in [7, 11) is 0. The van der Waals surface area contributed by atoms with Crippen molar-refractivity contribution in [3.63, 3.8) is 0 Å². The van der Waals surface area contributed by atoms with E-state index in [1.54, 1.807) is 12.1 Å². The van der Waals surface area contributed by atoms with Crippen LogP contribution in [0, 0.1) is 11.3 Å². The minimum atomic E-state index is -1.18. The fraction of sp³-hybridized carbons (Fsp3) is 0.385. The average molecular weight is 475 g/mol. The molecule has 0 aromatic heterocycles. The third-order valence-electron chi connectivity index (χ3n) is 6.66. The zero-order valence-corrected chi connectivity index (χ0v) is 19.9. The van der Waals surface area contributed by atoms with Gasteiger partial charge in [-0.05, 0) is 49.2 Å². The van der Waals surface area contributed by atoms with E-state index in [2.05, 4.69) is 21.7 Å². The van der Waals surface area contributed by atoms with E-state index >= 15 is 0 Å². The van der Waals surface area contributed by atoms with Crippen LogP contribution in [0.25, 0.3) is 0 Å². The highest BCUT2D eigenvalue weighted by Crippen LogP contribution is 2.31. The van der Waals surface area contributed by atoms with Gasteiger partial charge >= 0.3 is 6.03 Å². The molecule has 0 saturated carbocycles. The molecule has 2 N–H and O–H groups in total. The zero-order valence-electron chi connectivity index (χ0n) is 19.9. The summed E-state index contributed by atoms with van der Waals surface area (Å²) >= 11 is 0. The van der Waals surface area contributed by atoms with Gasteiger partial charge in [-0.15, -0.1) is 0 Å². The first-order valence-electron chi connectivity index (χ1n) is 11.9. The molecule has 2 saturated heterocycles. The van der Waals surface area contributed by atoms with Gasteiger partial charge in [0.05, 0.1) is 18.2 Å². The van der Waals surface area contributed by atoms with E-state index in [0.717, 1.165) is 43.2 Å². The Hall–Kier alpha value is -3.74. The number of carbonyl (C=O) groups excluding carboxylic acids is 3. The van der Waals surface area contributed by atoms with E-state index in [-0.39, 0.29) is 6.54 Å². The van der Waals surface area contributed by atoms with Gasteiger partial charge in [0.15, 0.2) is 0 Å². The fourth-order valence-corrected chi connectivity index (χ4v) is 4.69. The van der Waals surface area contributed by atoms with Crippen molar-refractivity contribution in [3.8, 4) is 6.07 Å². The summed E-state index contributed by atoms with van der Waals surface area (Å²) in [5, 5.41) is 12.5.